The van der Waals surface area contributed by atoms with E-state index in [1.807, 2.05) is 0 Å². The first kappa shape index (κ1) is 37.2. The number of aliphatic imine (C=N–C) groups is 1. The Morgan fingerprint density at radius 1 is 0.705 bits per heavy atom. The molecule has 1 aromatic carbocycles. The zero-order valence-electron chi connectivity index (χ0n) is 28.0. The van der Waals surface area contributed by atoms with Crippen molar-refractivity contribution in [2.45, 2.75) is 114 Å². The molecule has 1 heterocycles. The van der Waals surface area contributed by atoms with Crippen molar-refractivity contribution in [3.8, 4) is 0 Å². The Morgan fingerprint density at radius 2 is 1.14 bits per heavy atom. The van der Waals surface area contributed by atoms with Crippen molar-refractivity contribution < 1.29 is 42.9 Å². The van der Waals surface area contributed by atoms with E-state index in [2.05, 4.69) is 4.99 Å². The van der Waals surface area contributed by atoms with E-state index in [1.165, 1.54) is 6.21 Å². The SMILES string of the molecule is CC(C)(C)C(=O)OCC1O[C@@H](N=Cc2ccccc2Cl)C(OC(=O)C(C)(C)C)[C@H](OC(=O)C(C)(C)C)[C@@H]1OC(=O)C(C)(C)C. The van der Waals surface area contributed by atoms with Gasteiger partial charge in [0.2, 0.25) is 0 Å². The first-order valence-electron chi connectivity index (χ1n) is 14.7. The van der Waals surface area contributed by atoms with Crippen LogP contribution in [0, 0.1) is 21.7 Å². The van der Waals surface area contributed by atoms with Gasteiger partial charge in [-0.3, -0.25) is 24.2 Å². The summed E-state index contributed by atoms with van der Waals surface area (Å²) in [5.74, 6) is -2.42. The normalized spacial score (nSPS) is 23.2. The van der Waals surface area contributed by atoms with Gasteiger partial charge in [0, 0.05) is 16.8 Å². The molecule has 1 aromatic rings. The number of rotatable bonds is 7. The highest BCUT2D eigenvalue weighted by Gasteiger charge is 2.54. The van der Waals surface area contributed by atoms with Gasteiger partial charge in [0.1, 0.15) is 12.7 Å². The van der Waals surface area contributed by atoms with Crippen LogP contribution in [0.4, 0.5) is 0 Å². The van der Waals surface area contributed by atoms with Crippen molar-refractivity contribution in [1.29, 1.82) is 0 Å². The molecule has 0 radical (unpaired) electrons. The molecule has 0 bridgehead atoms. The van der Waals surface area contributed by atoms with Crippen molar-refractivity contribution in [2.24, 2.45) is 26.7 Å². The van der Waals surface area contributed by atoms with E-state index in [0.717, 1.165) is 0 Å². The van der Waals surface area contributed by atoms with Crippen LogP contribution in [0.5, 0.6) is 0 Å². The Balaban J connectivity index is 2.73. The van der Waals surface area contributed by atoms with Gasteiger partial charge in [-0.05, 0) is 89.2 Å². The molecule has 0 spiro atoms. The van der Waals surface area contributed by atoms with Crippen molar-refractivity contribution in [3.63, 3.8) is 0 Å². The second kappa shape index (κ2) is 14.0. The standard InChI is InChI=1S/C33H48ClNO9/c1-30(2,3)26(36)40-18-21-22(42-27(37)31(4,5)6)23(43-28(38)32(7,8)9)24(44-29(39)33(10,11)12)25(41-21)35-17-19-15-13-14-16-20(19)34/h13-17,21-25H,18H2,1-12H3/t21?,22-,23-,24?,25-/m1/s1. The average molecular weight is 638 g/mol. The molecule has 44 heavy (non-hydrogen) atoms. The molecule has 1 aliphatic heterocycles. The maximum Gasteiger partial charge on any atom is 0.311 e. The second-order valence-corrected chi connectivity index (χ2v) is 15.5. The Labute approximate surface area is 266 Å². The summed E-state index contributed by atoms with van der Waals surface area (Å²) >= 11 is 6.35. The number of ether oxygens (including phenoxy) is 5. The quantitative estimate of drug-likeness (QED) is 0.202. The molecule has 0 N–H and O–H groups in total. The summed E-state index contributed by atoms with van der Waals surface area (Å²) in [6.07, 6.45) is -5.02. The molecule has 2 unspecified atom stereocenters. The van der Waals surface area contributed by atoms with Crippen LogP contribution < -0.4 is 0 Å². The number of carbonyl (C=O) groups excluding carboxylic acids is 4. The first-order chi connectivity index (χ1) is 19.9. The molecule has 5 atom stereocenters. The van der Waals surface area contributed by atoms with E-state index < -0.39 is 76.2 Å². The Bertz CT molecular complexity index is 1230. The van der Waals surface area contributed by atoms with Crippen molar-refractivity contribution in [1.82, 2.24) is 0 Å². The largest absolute Gasteiger partial charge is 0.462 e. The second-order valence-electron chi connectivity index (χ2n) is 15.1. The summed E-state index contributed by atoms with van der Waals surface area (Å²) in [4.78, 5) is 57.2. The van der Waals surface area contributed by atoms with Crippen LogP contribution in [-0.2, 0) is 42.9 Å². The fraction of sp³-hybridized carbons (Fsp3) is 0.667. The van der Waals surface area contributed by atoms with E-state index in [-0.39, 0.29) is 6.61 Å². The highest BCUT2D eigenvalue weighted by atomic mass is 35.5. The minimum atomic E-state index is -1.38. The fourth-order valence-electron chi connectivity index (χ4n) is 3.56. The van der Waals surface area contributed by atoms with E-state index in [9.17, 15) is 19.2 Å². The lowest BCUT2D eigenvalue weighted by Crippen LogP contribution is -2.63. The van der Waals surface area contributed by atoms with Gasteiger partial charge in [0.15, 0.2) is 24.5 Å². The van der Waals surface area contributed by atoms with Gasteiger partial charge in [-0.15, -0.1) is 0 Å². The molecule has 2 rings (SSSR count). The van der Waals surface area contributed by atoms with Gasteiger partial charge in [-0.1, -0.05) is 29.8 Å². The Kier molecular flexibility index (Phi) is 11.8. The fourth-order valence-corrected chi connectivity index (χ4v) is 3.74. The minimum Gasteiger partial charge on any atom is -0.462 e. The van der Waals surface area contributed by atoms with Gasteiger partial charge in [-0.2, -0.15) is 0 Å². The van der Waals surface area contributed by atoms with Crippen molar-refractivity contribution in [2.75, 3.05) is 6.61 Å². The van der Waals surface area contributed by atoms with Gasteiger partial charge in [-0.25, -0.2) is 0 Å². The van der Waals surface area contributed by atoms with E-state index in [0.29, 0.717) is 10.6 Å². The monoisotopic (exact) mass is 637 g/mol. The number of halogens is 1. The summed E-state index contributed by atoms with van der Waals surface area (Å²) in [6.45, 7) is 19.7. The predicted molar refractivity (Wildman–Crippen MR) is 166 cm³/mol. The molecule has 1 fully saturated rings. The summed E-state index contributed by atoms with van der Waals surface area (Å²) in [5, 5.41) is 0.415. The lowest BCUT2D eigenvalue weighted by Gasteiger charge is -2.45. The molecular formula is C33H48ClNO9. The molecule has 0 amide bonds. The Morgan fingerprint density at radius 3 is 1.59 bits per heavy atom. The van der Waals surface area contributed by atoms with E-state index in [4.69, 9.17) is 35.3 Å². The van der Waals surface area contributed by atoms with Gasteiger partial charge < -0.3 is 23.7 Å². The maximum absolute atomic E-state index is 13.3. The maximum atomic E-state index is 13.3. The summed E-state index contributed by atoms with van der Waals surface area (Å²) in [5.41, 5.74) is -3.16. The smallest absolute Gasteiger partial charge is 0.311 e. The third-order valence-electron chi connectivity index (χ3n) is 6.43. The van der Waals surface area contributed by atoms with Gasteiger partial charge >= 0.3 is 23.9 Å². The summed E-state index contributed by atoms with van der Waals surface area (Å²) in [6, 6.07) is 6.96. The average Bonchev–Trinajstić information content (AvgIpc) is 2.87. The van der Waals surface area contributed by atoms with Crippen LogP contribution in [0.15, 0.2) is 29.3 Å². The van der Waals surface area contributed by atoms with Crippen LogP contribution in [0.25, 0.3) is 0 Å². The number of nitrogens with zero attached hydrogens (tertiary/aromatic N) is 1. The Hall–Kier alpha value is -2.98. The summed E-state index contributed by atoms with van der Waals surface area (Å²) in [7, 11) is 0. The van der Waals surface area contributed by atoms with Gasteiger partial charge in [0.25, 0.3) is 0 Å². The minimum absolute atomic E-state index is 0.361. The van der Waals surface area contributed by atoms with Crippen LogP contribution in [0.3, 0.4) is 0 Å². The van der Waals surface area contributed by atoms with Crippen LogP contribution >= 0.6 is 11.6 Å². The number of carbonyl (C=O) groups is 4. The van der Waals surface area contributed by atoms with Crippen LogP contribution in [-0.4, -0.2) is 67.3 Å². The van der Waals surface area contributed by atoms with Crippen molar-refractivity contribution in [3.05, 3.63) is 34.9 Å². The molecule has 1 aliphatic rings. The molecule has 0 saturated carbocycles. The molecule has 246 valence electrons. The third kappa shape index (κ3) is 10.3. The highest BCUT2D eigenvalue weighted by molar-refractivity contribution is 6.33. The zero-order valence-corrected chi connectivity index (χ0v) is 28.7. The first-order valence-corrected chi connectivity index (χ1v) is 15.0. The molecule has 1 saturated heterocycles. The van der Waals surface area contributed by atoms with Crippen LogP contribution in [0.2, 0.25) is 5.02 Å². The zero-order chi connectivity index (χ0) is 33.8. The lowest BCUT2D eigenvalue weighted by atomic mass is 9.92. The van der Waals surface area contributed by atoms with Crippen LogP contribution in [0.1, 0.15) is 88.6 Å². The third-order valence-corrected chi connectivity index (χ3v) is 6.78. The predicted octanol–water partition coefficient (Wildman–Crippen LogP) is 5.95. The molecule has 0 aliphatic carbocycles. The molecule has 0 aromatic heterocycles. The summed E-state index contributed by atoms with van der Waals surface area (Å²) < 4.78 is 29.8. The lowest BCUT2D eigenvalue weighted by molar-refractivity contribution is -0.258. The van der Waals surface area contributed by atoms with E-state index in [1.54, 1.807) is 107 Å². The number of esters is 4. The molecular weight excluding hydrogens is 590 g/mol. The molecule has 11 heteroatoms. The van der Waals surface area contributed by atoms with Gasteiger partial charge in [0.05, 0.1) is 21.7 Å². The number of hydrogen-bond donors (Lipinski definition) is 0. The molecule has 10 nitrogen and oxygen atoms in total. The van der Waals surface area contributed by atoms with Crippen molar-refractivity contribution >= 4 is 41.7 Å². The number of hydrogen-bond acceptors (Lipinski definition) is 10. The number of benzene rings is 1. The highest BCUT2D eigenvalue weighted by Crippen LogP contribution is 2.34. The topological polar surface area (TPSA) is 127 Å². The van der Waals surface area contributed by atoms with E-state index >= 15 is 0 Å².